The first-order valence-corrected chi connectivity index (χ1v) is 7.47. The molecule has 21 heavy (non-hydrogen) atoms. The standard InChI is InChI=1S/C16H16O4S/c1-2-20-15(19)16(14(17)18,11-13-9-6-10-21-13)12-7-4-3-5-8-12/h3-10H,2,11H2,1H3,(H,17,18). The zero-order valence-electron chi connectivity index (χ0n) is 11.6. The van der Waals surface area contributed by atoms with Crippen LogP contribution >= 0.6 is 11.3 Å². The number of carbonyl (C=O) groups is 2. The Morgan fingerprint density at radius 3 is 2.43 bits per heavy atom. The van der Waals surface area contributed by atoms with E-state index in [0.29, 0.717) is 5.56 Å². The van der Waals surface area contributed by atoms with Crippen LogP contribution in [0.4, 0.5) is 0 Å². The maximum atomic E-state index is 12.4. The van der Waals surface area contributed by atoms with Crippen LogP contribution in [-0.2, 0) is 26.2 Å². The van der Waals surface area contributed by atoms with E-state index in [0.717, 1.165) is 4.88 Å². The predicted octanol–water partition coefficient (Wildman–Crippen LogP) is 2.88. The number of carboxylic acid groups (broad SMARTS) is 1. The molecule has 4 nitrogen and oxygen atoms in total. The molecule has 0 aliphatic carbocycles. The second-order valence-electron chi connectivity index (χ2n) is 4.55. The van der Waals surface area contributed by atoms with E-state index in [2.05, 4.69) is 0 Å². The van der Waals surface area contributed by atoms with Crippen molar-refractivity contribution in [1.29, 1.82) is 0 Å². The molecule has 0 aliphatic rings. The molecule has 1 atom stereocenters. The van der Waals surface area contributed by atoms with E-state index in [1.54, 1.807) is 37.3 Å². The van der Waals surface area contributed by atoms with Gasteiger partial charge >= 0.3 is 11.9 Å². The Kier molecular flexibility index (Phi) is 4.75. The summed E-state index contributed by atoms with van der Waals surface area (Å²) in [5.74, 6) is -1.92. The number of hydrogen-bond acceptors (Lipinski definition) is 4. The Hall–Kier alpha value is -2.14. The van der Waals surface area contributed by atoms with Crippen molar-refractivity contribution in [2.75, 3.05) is 6.61 Å². The summed E-state index contributed by atoms with van der Waals surface area (Å²) >= 11 is 1.43. The molecule has 0 fully saturated rings. The number of aliphatic carboxylic acids is 1. The number of rotatable bonds is 6. The Morgan fingerprint density at radius 1 is 1.19 bits per heavy atom. The van der Waals surface area contributed by atoms with E-state index in [1.807, 2.05) is 17.5 Å². The zero-order chi connectivity index (χ0) is 15.3. The molecule has 1 unspecified atom stereocenters. The third-order valence-corrected chi connectivity index (χ3v) is 4.15. The van der Waals surface area contributed by atoms with Gasteiger partial charge in [0.05, 0.1) is 6.61 Å². The average Bonchev–Trinajstić information content (AvgIpc) is 2.98. The molecular weight excluding hydrogens is 288 g/mol. The first kappa shape index (κ1) is 15.3. The highest BCUT2D eigenvalue weighted by Gasteiger charge is 2.49. The summed E-state index contributed by atoms with van der Waals surface area (Å²) in [5, 5.41) is 11.6. The van der Waals surface area contributed by atoms with Crippen LogP contribution < -0.4 is 0 Å². The minimum Gasteiger partial charge on any atom is -0.480 e. The predicted molar refractivity (Wildman–Crippen MR) is 80.4 cm³/mol. The van der Waals surface area contributed by atoms with Gasteiger partial charge in [0, 0.05) is 11.3 Å². The molecule has 0 aliphatic heterocycles. The molecule has 0 radical (unpaired) electrons. The van der Waals surface area contributed by atoms with Crippen LogP contribution in [0.1, 0.15) is 17.4 Å². The lowest BCUT2D eigenvalue weighted by atomic mass is 9.77. The molecule has 0 bridgehead atoms. The van der Waals surface area contributed by atoms with Crippen molar-refractivity contribution in [3.05, 3.63) is 58.3 Å². The van der Waals surface area contributed by atoms with Crippen LogP contribution in [-0.4, -0.2) is 23.7 Å². The van der Waals surface area contributed by atoms with Crippen molar-refractivity contribution in [1.82, 2.24) is 0 Å². The molecule has 0 saturated heterocycles. The summed E-state index contributed by atoms with van der Waals surface area (Å²) in [6.07, 6.45) is 0.0862. The lowest BCUT2D eigenvalue weighted by molar-refractivity contribution is -0.161. The van der Waals surface area contributed by atoms with Gasteiger partial charge < -0.3 is 9.84 Å². The average molecular weight is 304 g/mol. The molecule has 1 N–H and O–H groups in total. The first-order valence-electron chi connectivity index (χ1n) is 6.59. The number of thiophene rings is 1. The fourth-order valence-electron chi connectivity index (χ4n) is 2.23. The van der Waals surface area contributed by atoms with Crippen molar-refractivity contribution in [3.63, 3.8) is 0 Å². The monoisotopic (exact) mass is 304 g/mol. The van der Waals surface area contributed by atoms with Crippen LogP contribution in [0.15, 0.2) is 47.8 Å². The van der Waals surface area contributed by atoms with Gasteiger partial charge in [-0.15, -0.1) is 11.3 Å². The normalized spacial score (nSPS) is 13.4. The molecule has 2 rings (SSSR count). The third kappa shape index (κ3) is 2.97. The topological polar surface area (TPSA) is 63.6 Å². The molecule has 2 aromatic rings. The number of carboxylic acids is 1. The summed E-state index contributed by atoms with van der Waals surface area (Å²) in [5.41, 5.74) is -1.27. The van der Waals surface area contributed by atoms with Gasteiger partial charge in [-0.1, -0.05) is 36.4 Å². The second-order valence-corrected chi connectivity index (χ2v) is 5.59. The largest absolute Gasteiger partial charge is 0.480 e. The summed E-state index contributed by atoms with van der Waals surface area (Å²) in [7, 11) is 0. The van der Waals surface area contributed by atoms with Gasteiger partial charge in [-0.3, -0.25) is 9.59 Å². The zero-order valence-corrected chi connectivity index (χ0v) is 12.4. The van der Waals surface area contributed by atoms with Gasteiger partial charge in [0.2, 0.25) is 0 Å². The highest BCUT2D eigenvalue weighted by atomic mass is 32.1. The van der Waals surface area contributed by atoms with Crippen molar-refractivity contribution < 1.29 is 19.4 Å². The summed E-state index contributed by atoms with van der Waals surface area (Å²) in [6.45, 7) is 1.81. The van der Waals surface area contributed by atoms with Crippen LogP contribution in [0.5, 0.6) is 0 Å². The van der Waals surface area contributed by atoms with Gasteiger partial charge in [-0.2, -0.15) is 0 Å². The third-order valence-electron chi connectivity index (χ3n) is 3.28. The van der Waals surface area contributed by atoms with Gasteiger partial charge in [-0.05, 0) is 23.9 Å². The van der Waals surface area contributed by atoms with Crippen LogP contribution in [0.3, 0.4) is 0 Å². The minimum absolute atomic E-state index is 0.0862. The van der Waals surface area contributed by atoms with Crippen LogP contribution in [0.2, 0.25) is 0 Å². The number of esters is 1. The van der Waals surface area contributed by atoms with E-state index in [-0.39, 0.29) is 13.0 Å². The molecule has 1 heterocycles. The van der Waals surface area contributed by atoms with E-state index in [4.69, 9.17) is 4.74 Å². The molecule has 0 amide bonds. The molecule has 1 aromatic carbocycles. The molecule has 0 saturated carbocycles. The maximum Gasteiger partial charge on any atom is 0.328 e. The summed E-state index contributed by atoms with van der Waals surface area (Å²) in [6, 6.07) is 12.2. The fourth-order valence-corrected chi connectivity index (χ4v) is 3.02. The van der Waals surface area contributed by atoms with Crippen molar-refractivity contribution in [2.24, 2.45) is 0 Å². The molecule has 110 valence electrons. The highest BCUT2D eigenvalue weighted by molar-refractivity contribution is 7.09. The van der Waals surface area contributed by atoms with Crippen LogP contribution in [0.25, 0.3) is 0 Å². The minimum atomic E-state index is -1.71. The van der Waals surface area contributed by atoms with E-state index in [1.165, 1.54) is 11.3 Å². The first-order chi connectivity index (χ1) is 10.1. The lowest BCUT2D eigenvalue weighted by Crippen LogP contribution is -2.46. The quantitative estimate of drug-likeness (QED) is 0.658. The van der Waals surface area contributed by atoms with Crippen molar-refractivity contribution >= 4 is 23.3 Å². The summed E-state index contributed by atoms with van der Waals surface area (Å²) < 4.78 is 5.06. The second kappa shape index (κ2) is 6.54. The van der Waals surface area contributed by atoms with Gasteiger partial charge in [0.15, 0.2) is 5.41 Å². The molecule has 5 heteroatoms. The van der Waals surface area contributed by atoms with Crippen molar-refractivity contribution in [2.45, 2.75) is 18.8 Å². The van der Waals surface area contributed by atoms with E-state index >= 15 is 0 Å². The number of ether oxygens (including phenoxy) is 1. The molecule has 0 spiro atoms. The smallest absolute Gasteiger partial charge is 0.328 e. The number of carbonyl (C=O) groups excluding carboxylic acids is 1. The Labute approximate surface area is 127 Å². The Balaban J connectivity index is 2.54. The van der Waals surface area contributed by atoms with Gasteiger partial charge in [0.1, 0.15) is 0 Å². The number of benzene rings is 1. The van der Waals surface area contributed by atoms with E-state index < -0.39 is 17.4 Å². The Bertz CT molecular complexity index is 606. The number of hydrogen-bond donors (Lipinski definition) is 1. The molecular formula is C16H16O4S. The molecule has 1 aromatic heterocycles. The lowest BCUT2D eigenvalue weighted by Gasteiger charge is -2.27. The van der Waals surface area contributed by atoms with Crippen LogP contribution in [0, 0.1) is 0 Å². The van der Waals surface area contributed by atoms with Crippen molar-refractivity contribution in [3.8, 4) is 0 Å². The highest BCUT2D eigenvalue weighted by Crippen LogP contribution is 2.32. The van der Waals surface area contributed by atoms with Gasteiger partial charge in [0.25, 0.3) is 0 Å². The summed E-state index contributed by atoms with van der Waals surface area (Å²) in [4.78, 5) is 25.2. The fraction of sp³-hybridized carbons (Fsp3) is 0.250. The Morgan fingerprint density at radius 2 is 1.90 bits per heavy atom. The van der Waals surface area contributed by atoms with Gasteiger partial charge in [-0.25, -0.2) is 0 Å². The van der Waals surface area contributed by atoms with E-state index in [9.17, 15) is 14.7 Å². The SMILES string of the molecule is CCOC(=O)C(Cc1cccs1)(C(=O)O)c1ccccc1. The maximum absolute atomic E-state index is 12.4.